The van der Waals surface area contributed by atoms with Crippen LogP contribution in [0, 0.1) is 5.92 Å². The van der Waals surface area contributed by atoms with Crippen LogP contribution in [0.15, 0.2) is 36.4 Å². The molecule has 0 N–H and O–H groups in total. The second-order valence-electron chi connectivity index (χ2n) is 5.44. The van der Waals surface area contributed by atoms with E-state index in [0.717, 1.165) is 28.5 Å². The minimum absolute atomic E-state index is 0.315. The van der Waals surface area contributed by atoms with Gasteiger partial charge < -0.3 is 4.74 Å². The number of carbonyl (C=O) groups is 1. The Morgan fingerprint density at radius 2 is 2.05 bits per heavy atom. The van der Waals surface area contributed by atoms with Crippen molar-refractivity contribution in [2.75, 3.05) is 7.11 Å². The number of benzene rings is 2. The topological polar surface area (TPSA) is 26.3 Å². The van der Waals surface area contributed by atoms with Crippen molar-refractivity contribution in [1.29, 1.82) is 0 Å². The lowest BCUT2D eigenvalue weighted by atomic mass is 9.95. The fourth-order valence-electron chi connectivity index (χ4n) is 2.42. The van der Waals surface area contributed by atoms with Crippen LogP contribution in [0.5, 0.6) is 5.75 Å². The molecule has 0 heterocycles. The van der Waals surface area contributed by atoms with Crippen molar-refractivity contribution in [3.8, 4) is 5.75 Å². The largest absolute Gasteiger partial charge is 0.497 e. The van der Waals surface area contributed by atoms with Gasteiger partial charge in [0, 0.05) is 12.8 Å². The van der Waals surface area contributed by atoms with E-state index in [1.165, 1.54) is 0 Å². The van der Waals surface area contributed by atoms with Crippen LogP contribution in [0.3, 0.4) is 0 Å². The molecule has 0 aromatic heterocycles. The number of carbonyl (C=O) groups excluding carboxylic acids is 1. The maximum Gasteiger partial charge on any atom is 0.137 e. The highest BCUT2D eigenvalue weighted by atomic mass is 16.5. The summed E-state index contributed by atoms with van der Waals surface area (Å²) in [4.78, 5) is 12.1. The summed E-state index contributed by atoms with van der Waals surface area (Å²) in [5.74, 6) is 1.61. The molecule has 0 saturated heterocycles. The molecule has 20 heavy (non-hydrogen) atoms. The first-order chi connectivity index (χ1) is 9.63. The van der Waals surface area contributed by atoms with Crippen LogP contribution in [0.4, 0.5) is 0 Å². The average molecular weight is 270 g/mol. The molecule has 2 rings (SSSR count). The van der Waals surface area contributed by atoms with Gasteiger partial charge >= 0.3 is 0 Å². The standard InChI is InChI=1S/C18H22O2/c1-4-13(2)10-16(19)11-15-7-5-6-14-8-9-17(20-3)12-18(14)15/h5-9,12-13H,4,10-11H2,1-3H3. The van der Waals surface area contributed by atoms with Gasteiger partial charge in [-0.2, -0.15) is 0 Å². The minimum atomic E-state index is 0.315. The Labute approximate surface area is 120 Å². The summed E-state index contributed by atoms with van der Waals surface area (Å²) in [7, 11) is 1.66. The molecule has 0 fully saturated rings. The van der Waals surface area contributed by atoms with Gasteiger partial charge in [0.1, 0.15) is 11.5 Å². The summed E-state index contributed by atoms with van der Waals surface area (Å²) in [5.41, 5.74) is 1.09. The lowest BCUT2D eigenvalue weighted by molar-refractivity contribution is -0.119. The van der Waals surface area contributed by atoms with Crippen LogP contribution < -0.4 is 4.74 Å². The number of hydrogen-bond donors (Lipinski definition) is 0. The summed E-state index contributed by atoms with van der Waals surface area (Å²) in [5, 5.41) is 2.27. The van der Waals surface area contributed by atoms with E-state index in [2.05, 4.69) is 19.9 Å². The third-order valence-electron chi connectivity index (χ3n) is 3.84. The van der Waals surface area contributed by atoms with E-state index in [1.807, 2.05) is 30.3 Å². The van der Waals surface area contributed by atoms with Gasteiger partial charge in [-0.3, -0.25) is 4.79 Å². The SMILES string of the molecule is CCC(C)CC(=O)Cc1cccc2ccc(OC)cc12. The Bertz CT molecular complexity index is 601. The van der Waals surface area contributed by atoms with Crippen molar-refractivity contribution < 1.29 is 9.53 Å². The van der Waals surface area contributed by atoms with Gasteiger partial charge in [-0.25, -0.2) is 0 Å². The highest BCUT2D eigenvalue weighted by molar-refractivity contribution is 5.91. The van der Waals surface area contributed by atoms with Gasteiger partial charge in [-0.15, -0.1) is 0 Å². The van der Waals surface area contributed by atoms with E-state index in [9.17, 15) is 4.79 Å². The van der Waals surface area contributed by atoms with Crippen LogP contribution in [0.1, 0.15) is 32.3 Å². The van der Waals surface area contributed by atoms with Crippen LogP contribution in [0.2, 0.25) is 0 Å². The number of rotatable bonds is 6. The van der Waals surface area contributed by atoms with Gasteiger partial charge in [0.25, 0.3) is 0 Å². The Kier molecular flexibility index (Phi) is 4.78. The molecule has 0 radical (unpaired) electrons. The van der Waals surface area contributed by atoms with E-state index in [4.69, 9.17) is 4.74 Å². The zero-order valence-corrected chi connectivity index (χ0v) is 12.5. The lowest BCUT2D eigenvalue weighted by Crippen LogP contribution is -2.08. The molecule has 0 amide bonds. The van der Waals surface area contributed by atoms with Crippen LogP contribution >= 0.6 is 0 Å². The van der Waals surface area contributed by atoms with Crippen molar-refractivity contribution in [2.24, 2.45) is 5.92 Å². The van der Waals surface area contributed by atoms with Gasteiger partial charge in [-0.05, 0) is 34.4 Å². The number of ketones is 1. The van der Waals surface area contributed by atoms with Gasteiger partial charge in [0.05, 0.1) is 7.11 Å². The molecule has 1 atom stereocenters. The normalized spacial score (nSPS) is 12.3. The van der Waals surface area contributed by atoms with E-state index < -0.39 is 0 Å². The molecular formula is C18H22O2. The van der Waals surface area contributed by atoms with Crippen LogP contribution in [-0.2, 0) is 11.2 Å². The van der Waals surface area contributed by atoms with Crippen LogP contribution in [-0.4, -0.2) is 12.9 Å². The Hall–Kier alpha value is -1.83. The molecule has 2 aromatic carbocycles. The first-order valence-electron chi connectivity index (χ1n) is 7.21. The lowest BCUT2D eigenvalue weighted by Gasteiger charge is -2.10. The highest BCUT2D eigenvalue weighted by Gasteiger charge is 2.10. The van der Waals surface area contributed by atoms with Crippen molar-refractivity contribution in [3.63, 3.8) is 0 Å². The smallest absolute Gasteiger partial charge is 0.137 e. The second-order valence-corrected chi connectivity index (χ2v) is 5.44. The maximum atomic E-state index is 12.1. The summed E-state index contributed by atoms with van der Waals surface area (Å²) in [6.45, 7) is 4.25. The Morgan fingerprint density at radius 3 is 2.75 bits per heavy atom. The van der Waals surface area contributed by atoms with E-state index in [1.54, 1.807) is 7.11 Å². The molecule has 1 unspecified atom stereocenters. The van der Waals surface area contributed by atoms with Crippen molar-refractivity contribution in [3.05, 3.63) is 42.0 Å². The molecule has 0 spiro atoms. The molecular weight excluding hydrogens is 248 g/mol. The highest BCUT2D eigenvalue weighted by Crippen LogP contribution is 2.25. The Balaban J connectivity index is 2.27. The third-order valence-corrected chi connectivity index (χ3v) is 3.84. The molecule has 0 bridgehead atoms. The number of hydrogen-bond acceptors (Lipinski definition) is 2. The molecule has 106 valence electrons. The first-order valence-corrected chi connectivity index (χ1v) is 7.21. The minimum Gasteiger partial charge on any atom is -0.497 e. The number of ether oxygens (including phenoxy) is 1. The van der Waals surface area contributed by atoms with Crippen molar-refractivity contribution in [1.82, 2.24) is 0 Å². The monoisotopic (exact) mass is 270 g/mol. The fourth-order valence-corrected chi connectivity index (χ4v) is 2.42. The summed E-state index contributed by atoms with van der Waals surface area (Å²) in [6, 6.07) is 12.1. The fraction of sp³-hybridized carbons (Fsp3) is 0.389. The molecule has 0 aliphatic rings. The maximum absolute atomic E-state index is 12.1. The van der Waals surface area contributed by atoms with Crippen molar-refractivity contribution >= 4 is 16.6 Å². The summed E-state index contributed by atoms with van der Waals surface area (Å²) >= 11 is 0. The predicted molar refractivity (Wildman–Crippen MR) is 83.3 cm³/mol. The zero-order valence-electron chi connectivity index (χ0n) is 12.5. The van der Waals surface area contributed by atoms with Crippen molar-refractivity contribution in [2.45, 2.75) is 33.1 Å². The molecule has 2 nitrogen and oxygen atoms in total. The molecule has 2 aromatic rings. The van der Waals surface area contributed by atoms with Gasteiger partial charge in [0.2, 0.25) is 0 Å². The summed E-state index contributed by atoms with van der Waals surface area (Å²) < 4.78 is 5.28. The molecule has 2 heteroatoms. The zero-order chi connectivity index (χ0) is 14.5. The first kappa shape index (κ1) is 14.6. The number of methoxy groups -OCH3 is 1. The van der Waals surface area contributed by atoms with Crippen LogP contribution in [0.25, 0.3) is 10.8 Å². The van der Waals surface area contributed by atoms with E-state index in [-0.39, 0.29) is 0 Å². The number of fused-ring (bicyclic) bond motifs is 1. The predicted octanol–water partition coefficient (Wildman–Crippen LogP) is 4.40. The quantitative estimate of drug-likeness (QED) is 0.778. The molecule has 0 saturated carbocycles. The third kappa shape index (κ3) is 3.38. The van der Waals surface area contributed by atoms with E-state index >= 15 is 0 Å². The number of Topliss-reactive ketones (excluding diaryl/α,β-unsaturated/α-hetero) is 1. The molecule has 0 aliphatic carbocycles. The molecule has 0 aliphatic heterocycles. The summed E-state index contributed by atoms with van der Waals surface area (Å²) in [6.07, 6.45) is 2.22. The average Bonchev–Trinajstić information content (AvgIpc) is 2.46. The van der Waals surface area contributed by atoms with E-state index in [0.29, 0.717) is 24.5 Å². The van der Waals surface area contributed by atoms with Gasteiger partial charge in [-0.1, -0.05) is 44.5 Å². The second kappa shape index (κ2) is 6.56. The van der Waals surface area contributed by atoms with Gasteiger partial charge in [0.15, 0.2) is 0 Å². The Morgan fingerprint density at radius 1 is 1.25 bits per heavy atom.